The standard InChI is InChI=1S/C54H107N9O7/c55-40-28-19-13-7-1-4-10-16-22-37-49(64)61-46(34-25-29-41-56)52(67)59-44-32-20-14-8-2-5-11-17-23-38-50(65)62-47(35-26-30-42-57)53(68)60-45-33-21-15-9-3-6-12-18-24-39-51(66)63-48(54(69)70)36-27-31-43-58/h46-48H,1-45,55-58H2,(H,59,67)(H,60,68)(H,61,64)(H,62,65)(H,63,66)(H,69,70). The van der Waals surface area contributed by atoms with Gasteiger partial charge in [0.05, 0.1) is 0 Å². The quantitative estimate of drug-likeness (QED) is 0.0262. The van der Waals surface area contributed by atoms with Crippen molar-refractivity contribution in [2.24, 2.45) is 22.9 Å². The van der Waals surface area contributed by atoms with Crippen LogP contribution in [0.25, 0.3) is 0 Å². The molecule has 16 nitrogen and oxygen atoms in total. The molecule has 0 spiro atoms. The molecule has 0 rings (SSSR count). The SMILES string of the molecule is NCCCCCCCCCCCC(=O)NC(CCCCN)C(=O)NCCCCCCCCCCCC(=O)NC(CCCCN)C(=O)NCCCCCCCCCCCC(=O)NC(CCCCN)C(=O)O. The summed E-state index contributed by atoms with van der Waals surface area (Å²) in [5.41, 5.74) is 22.4. The number of hydrogen-bond donors (Lipinski definition) is 10. The number of carbonyl (C=O) groups excluding carboxylic acids is 5. The van der Waals surface area contributed by atoms with Crippen LogP contribution in [0.15, 0.2) is 0 Å². The summed E-state index contributed by atoms with van der Waals surface area (Å²) in [4.78, 5) is 75.1. The van der Waals surface area contributed by atoms with Crippen molar-refractivity contribution >= 4 is 35.5 Å². The zero-order valence-electron chi connectivity index (χ0n) is 44.3. The number of rotatable bonds is 53. The van der Waals surface area contributed by atoms with Crippen LogP contribution in [0.5, 0.6) is 0 Å². The van der Waals surface area contributed by atoms with Gasteiger partial charge in [-0.25, -0.2) is 4.79 Å². The molecule has 3 atom stereocenters. The van der Waals surface area contributed by atoms with Crippen molar-refractivity contribution in [1.29, 1.82) is 0 Å². The Morgan fingerprint density at radius 2 is 0.529 bits per heavy atom. The number of nitrogens with one attached hydrogen (secondary N) is 5. The van der Waals surface area contributed by atoms with Gasteiger partial charge in [0.15, 0.2) is 0 Å². The molecule has 0 fully saturated rings. The lowest BCUT2D eigenvalue weighted by Gasteiger charge is -2.18. The van der Waals surface area contributed by atoms with E-state index < -0.39 is 24.1 Å². The molecule has 0 aliphatic rings. The fourth-order valence-electron chi connectivity index (χ4n) is 8.71. The Hall–Kier alpha value is -3.34. The van der Waals surface area contributed by atoms with Crippen LogP contribution < -0.4 is 49.5 Å². The topological polar surface area (TPSA) is 287 Å². The zero-order chi connectivity index (χ0) is 51.6. The van der Waals surface area contributed by atoms with E-state index in [1.165, 1.54) is 32.1 Å². The Balaban J connectivity index is 4.11. The number of aliphatic carboxylic acids is 1. The minimum atomic E-state index is -0.998. The molecule has 0 radical (unpaired) electrons. The third-order valence-electron chi connectivity index (χ3n) is 13.1. The highest BCUT2D eigenvalue weighted by Crippen LogP contribution is 2.14. The summed E-state index contributed by atoms with van der Waals surface area (Å²) in [7, 11) is 0. The van der Waals surface area contributed by atoms with Gasteiger partial charge in [-0.3, -0.25) is 24.0 Å². The maximum atomic E-state index is 13.0. The van der Waals surface area contributed by atoms with E-state index in [1.54, 1.807) is 0 Å². The second kappa shape index (κ2) is 50.6. The van der Waals surface area contributed by atoms with E-state index in [1.807, 2.05) is 0 Å². The Kier molecular flexibility index (Phi) is 48.2. The van der Waals surface area contributed by atoms with Crippen molar-refractivity contribution < 1.29 is 33.9 Å². The second-order valence-corrected chi connectivity index (χ2v) is 19.7. The average Bonchev–Trinajstić information content (AvgIpc) is 3.34. The molecular weight excluding hydrogens is 887 g/mol. The maximum absolute atomic E-state index is 13.0. The van der Waals surface area contributed by atoms with Crippen LogP contribution in [0, 0.1) is 0 Å². The van der Waals surface area contributed by atoms with Crippen LogP contribution in [-0.4, -0.2) is 98.0 Å². The summed E-state index contributed by atoms with van der Waals surface area (Å²) in [5.74, 6) is -1.53. The molecule has 0 aliphatic heterocycles. The Bertz CT molecular complexity index is 1290. The number of unbranched alkanes of at least 4 members (excludes halogenated alkanes) is 27. The Morgan fingerprint density at radius 1 is 0.300 bits per heavy atom. The highest BCUT2D eigenvalue weighted by atomic mass is 16.4. The molecule has 410 valence electrons. The number of carboxylic acid groups (broad SMARTS) is 1. The van der Waals surface area contributed by atoms with Crippen molar-refractivity contribution in [3.63, 3.8) is 0 Å². The lowest BCUT2D eigenvalue weighted by molar-refractivity contribution is -0.142. The number of carbonyl (C=O) groups is 6. The van der Waals surface area contributed by atoms with Gasteiger partial charge in [0.25, 0.3) is 0 Å². The lowest BCUT2D eigenvalue weighted by atomic mass is 10.0. The highest BCUT2D eigenvalue weighted by Gasteiger charge is 2.22. The molecule has 0 saturated heterocycles. The maximum Gasteiger partial charge on any atom is 0.326 e. The number of nitrogens with two attached hydrogens (primary N) is 4. The highest BCUT2D eigenvalue weighted by molar-refractivity contribution is 5.88. The molecule has 70 heavy (non-hydrogen) atoms. The predicted molar refractivity (Wildman–Crippen MR) is 286 cm³/mol. The molecule has 14 N–H and O–H groups in total. The van der Waals surface area contributed by atoms with Gasteiger partial charge in [0.1, 0.15) is 18.1 Å². The van der Waals surface area contributed by atoms with Crippen molar-refractivity contribution in [1.82, 2.24) is 26.6 Å². The first-order valence-electron chi connectivity index (χ1n) is 28.6. The van der Waals surface area contributed by atoms with Gasteiger partial charge in [-0.2, -0.15) is 0 Å². The first-order valence-corrected chi connectivity index (χ1v) is 28.6. The van der Waals surface area contributed by atoms with Gasteiger partial charge in [0, 0.05) is 32.4 Å². The van der Waals surface area contributed by atoms with Crippen LogP contribution in [0.4, 0.5) is 0 Å². The third-order valence-corrected chi connectivity index (χ3v) is 13.1. The normalized spacial score (nSPS) is 12.5. The number of carboxylic acids is 1. The van der Waals surface area contributed by atoms with E-state index in [9.17, 15) is 33.9 Å². The molecule has 0 heterocycles. The van der Waals surface area contributed by atoms with Crippen LogP contribution in [-0.2, 0) is 28.8 Å². The van der Waals surface area contributed by atoms with Crippen LogP contribution in [0.3, 0.4) is 0 Å². The van der Waals surface area contributed by atoms with E-state index in [2.05, 4.69) is 26.6 Å². The first-order chi connectivity index (χ1) is 34.1. The summed E-state index contributed by atoms with van der Waals surface area (Å²) in [6, 6.07) is -1.88. The first kappa shape index (κ1) is 66.7. The van der Waals surface area contributed by atoms with Gasteiger partial charge >= 0.3 is 5.97 Å². The van der Waals surface area contributed by atoms with Crippen LogP contribution >= 0.6 is 0 Å². The molecule has 0 aliphatic carbocycles. The van der Waals surface area contributed by atoms with E-state index in [0.717, 1.165) is 180 Å². The van der Waals surface area contributed by atoms with Crippen LogP contribution in [0.2, 0.25) is 0 Å². The minimum Gasteiger partial charge on any atom is -0.480 e. The fraction of sp³-hybridized carbons (Fsp3) is 0.889. The smallest absolute Gasteiger partial charge is 0.326 e. The van der Waals surface area contributed by atoms with Crippen molar-refractivity contribution in [2.75, 3.05) is 39.3 Å². The average molecular weight is 995 g/mol. The van der Waals surface area contributed by atoms with Gasteiger partial charge in [0.2, 0.25) is 29.5 Å². The monoisotopic (exact) mass is 994 g/mol. The Morgan fingerprint density at radius 3 is 0.814 bits per heavy atom. The molecule has 0 aromatic heterocycles. The molecule has 3 unspecified atom stereocenters. The van der Waals surface area contributed by atoms with Gasteiger partial charge in [-0.1, -0.05) is 135 Å². The molecule has 0 aromatic carbocycles. The van der Waals surface area contributed by atoms with Crippen molar-refractivity contribution in [2.45, 2.75) is 269 Å². The molecule has 0 aromatic rings. The molecular formula is C54H107N9O7. The summed E-state index contributed by atoms with van der Waals surface area (Å²) in [6.45, 7) is 3.62. The molecule has 0 bridgehead atoms. The predicted octanol–water partition coefficient (Wildman–Crippen LogP) is 7.81. The van der Waals surface area contributed by atoms with Gasteiger partial charge < -0.3 is 54.6 Å². The third kappa shape index (κ3) is 43.4. The molecule has 0 saturated carbocycles. The van der Waals surface area contributed by atoms with Crippen molar-refractivity contribution in [3.8, 4) is 0 Å². The van der Waals surface area contributed by atoms with E-state index in [0.29, 0.717) is 77.7 Å². The lowest BCUT2D eigenvalue weighted by Crippen LogP contribution is -2.47. The van der Waals surface area contributed by atoms with Crippen LogP contribution in [0.1, 0.15) is 250 Å². The molecule has 5 amide bonds. The van der Waals surface area contributed by atoms with Crippen molar-refractivity contribution in [3.05, 3.63) is 0 Å². The van der Waals surface area contributed by atoms with E-state index in [4.69, 9.17) is 22.9 Å². The fourth-order valence-corrected chi connectivity index (χ4v) is 8.71. The molecule has 16 heteroatoms. The van der Waals surface area contributed by atoms with Gasteiger partial charge in [-0.05, 0) is 122 Å². The largest absolute Gasteiger partial charge is 0.480 e. The minimum absolute atomic E-state index is 0.0407. The van der Waals surface area contributed by atoms with E-state index >= 15 is 0 Å². The zero-order valence-corrected chi connectivity index (χ0v) is 44.3. The van der Waals surface area contributed by atoms with E-state index in [-0.39, 0.29) is 29.5 Å². The Labute approximate surface area is 425 Å². The second-order valence-electron chi connectivity index (χ2n) is 19.7. The summed E-state index contributed by atoms with van der Waals surface area (Å²) in [6.07, 6.45) is 36.3. The summed E-state index contributed by atoms with van der Waals surface area (Å²) < 4.78 is 0. The number of amides is 5. The number of hydrogen-bond acceptors (Lipinski definition) is 10. The summed E-state index contributed by atoms with van der Waals surface area (Å²) in [5, 5.41) is 24.0. The van der Waals surface area contributed by atoms with Gasteiger partial charge in [-0.15, -0.1) is 0 Å². The summed E-state index contributed by atoms with van der Waals surface area (Å²) >= 11 is 0.